The first-order valence-electron chi connectivity index (χ1n) is 6.76. The molecular formula is C16H16O3. The minimum Gasteiger partial charge on any atom is -0.426 e. The Bertz CT molecular complexity index is 526. The van der Waals surface area contributed by atoms with Gasteiger partial charge in [0.25, 0.3) is 0 Å². The van der Waals surface area contributed by atoms with Crippen molar-refractivity contribution in [1.29, 1.82) is 0 Å². The molecule has 2 aliphatic rings. The van der Waals surface area contributed by atoms with Gasteiger partial charge in [0.2, 0.25) is 5.60 Å². The zero-order chi connectivity index (χ0) is 13.1. The van der Waals surface area contributed by atoms with Gasteiger partial charge in [0.1, 0.15) is 0 Å². The Morgan fingerprint density at radius 1 is 1.16 bits per heavy atom. The zero-order valence-electron chi connectivity index (χ0n) is 10.7. The van der Waals surface area contributed by atoms with E-state index in [1.165, 1.54) is 0 Å². The quantitative estimate of drug-likeness (QED) is 0.528. The molecule has 3 rings (SSSR count). The molecule has 98 valence electrons. The Kier molecular flexibility index (Phi) is 3.16. The van der Waals surface area contributed by atoms with E-state index in [0.29, 0.717) is 0 Å². The molecule has 0 amide bonds. The van der Waals surface area contributed by atoms with Crippen molar-refractivity contribution in [3.63, 3.8) is 0 Å². The highest BCUT2D eigenvalue weighted by molar-refractivity contribution is 5.65. The lowest BCUT2D eigenvalue weighted by molar-refractivity contribution is 0.0767. The summed E-state index contributed by atoms with van der Waals surface area (Å²) in [5, 5.41) is 0. The first-order valence-corrected chi connectivity index (χ1v) is 6.76. The molecule has 2 fully saturated rings. The van der Waals surface area contributed by atoms with Crippen LogP contribution in [0.15, 0.2) is 30.3 Å². The third kappa shape index (κ3) is 2.44. The van der Waals surface area contributed by atoms with Crippen molar-refractivity contribution in [2.45, 2.75) is 43.8 Å². The van der Waals surface area contributed by atoms with Gasteiger partial charge in [-0.1, -0.05) is 30.5 Å². The van der Waals surface area contributed by atoms with Crippen LogP contribution in [0.4, 0.5) is 4.79 Å². The van der Waals surface area contributed by atoms with Crippen LogP contribution in [0.1, 0.15) is 37.7 Å². The highest BCUT2D eigenvalue weighted by atomic mass is 16.8. The molecule has 0 unspecified atom stereocenters. The monoisotopic (exact) mass is 256 g/mol. The largest absolute Gasteiger partial charge is 0.510 e. The molecule has 0 N–H and O–H groups in total. The fourth-order valence-corrected chi connectivity index (χ4v) is 2.72. The molecule has 0 radical (unpaired) electrons. The lowest BCUT2D eigenvalue weighted by atomic mass is 9.92. The standard InChI is InChI=1S/C16H16O3/c17-15-18-14-9-5-2-6-11-16(14,19-15)12-10-13-7-3-1-4-8-13/h1,3-4,7-8,14H,2,5-6,9,11H2/t14-,16-/m1/s1. The molecule has 0 aromatic heterocycles. The maximum atomic E-state index is 11.4. The van der Waals surface area contributed by atoms with Gasteiger partial charge in [-0.05, 0) is 37.3 Å². The van der Waals surface area contributed by atoms with Gasteiger partial charge < -0.3 is 9.47 Å². The van der Waals surface area contributed by atoms with Crippen LogP contribution in [-0.2, 0) is 9.47 Å². The van der Waals surface area contributed by atoms with E-state index in [1.54, 1.807) is 0 Å². The second-order valence-electron chi connectivity index (χ2n) is 5.06. The molecule has 1 saturated heterocycles. The van der Waals surface area contributed by atoms with E-state index >= 15 is 0 Å². The summed E-state index contributed by atoms with van der Waals surface area (Å²) in [4.78, 5) is 11.4. The average molecular weight is 256 g/mol. The molecule has 1 heterocycles. The van der Waals surface area contributed by atoms with Crippen LogP contribution < -0.4 is 0 Å². The minimum atomic E-state index is -0.733. The van der Waals surface area contributed by atoms with Gasteiger partial charge in [-0.25, -0.2) is 4.79 Å². The van der Waals surface area contributed by atoms with E-state index in [9.17, 15) is 4.79 Å². The Balaban J connectivity index is 1.91. The Morgan fingerprint density at radius 2 is 2.00 bits per heavy atom. The van der Waals surface area contributed by atoms with Crippen LogP contribution in [0.3, 0.4) is 0 Å². The van der Waals surface area contributed by atoms with E-state index in [0.717, 1.165) is 37.7 Å². The smallest absolute Gasteiger partial charge is 0.426 e. The second-order valence-corrected chi connectivity index (χ2v) is 5.06. The first-order chi connectivity index (χ1) is 9.28. The number of ether oxygens (including phenoxy) is 2. The highest BCUT2D eigenvalue weighted by Crippen LogP contribution is 2.37. The van der Waals surface area contributed by atoms with Gasteiger partial charge in [-0.15, -0.1) is 0 Å². The van der Waals surface area contributed by atoms with Crippen LogP contribution in [0.25, 0.3) is 0 Å². The number of rotatable bonds is 0. The zero-order valence-corrected chi connectivity index (χ0v) is 10.7. The van der Waals surface area contributed by atoms with E-state index < -0.39 is 11.8 Å². The maximum Gasteiger partial charge on any atom is 0.510 e. The molecule has 19 heavy (non-hydrogen) atoms. The summed E-state index contributed by atoms with van der Waals surface area (Å²) >= 11 is 0. The normalized spacial score (nSPS) is 29.3. The molecule has 1 aliphatic heterocycles. The predicted octanol–water partition coefficient (Wildman–Crippen LogP) is 3.28. The van der Waals surface area contributed by atoms with Gasteiger partial charge in [-0.3, -0.25) is 0 Å². The van der Waals surface area contributed by atoms with Crippen molar-refractivity contribution in [3.8, 4) is 11.8 Å². The van der Waals surface area contributed by atoms with Crippen molar-refractivity contribution in [2.24, 2.45) is 0 Å². The Morgan fingerprint density at radius 3 is 2.84 bits per heavy atom. The molecule has 3 nitrogen and oxygen atoms in total. The van der Waals surface area contributed by atoms with Gasteiger partial charge in [0, 0.05) is 12.0 Å². The third-order valence-corrected chi connectivity index (χ3v) is 3.73. The Labute approximate surface area is 112 Å². The molecule has 1 aromatic carbocycles. The van der Waals surface area contributed by atoms with E-state index in [4.69, 9.17) is 9.47 Å². The van der Waals surface area contributed by atoms with Crippen molar-refractivity contribution >= 4 is 6.16 Å². The number of carbonyl (C=O) groups is 1. The highest BCUT2D eigenvalue weighted by Gasteiger charge is 2.50. The topological polar surface area (TPSA) is 35.5 Å². The summed E-state index contributed by atoms with van der Waals surface area (Å²) in [5.41, 5.74) is 0.200. The van der Waals surface area contributed by atoms with Crippen LogP contribution >= 0.6 is 0 Å². The summed E-state index contributed by atoms with van der Waals surface area (Å²) in [6, 6.07) is 9.75. The van der Waals surface area contributed by atoms with E-state index in [-0.39, 0.29) is 6.10 Å². The van der Waals surface area contributed by atoms with Crippen molar-refractivity contribution in [1.82, 2.24) is 0 Å². The SMILES string of the molecule is O=C1O[C@@H]2CCCCC[C@]2(C#Cc2ccccc2)O1. The number of benzene rings is 1. The van der Waals surface area contributed by atoms with Crippen molar-refractivity contribution in [3.05, 3.63) is 35.9 Å². The number of hydrogen-bond donors (Lipinski definition) is 0. The number of carbonyl (C=O) groups excluding carboxylic acids is 1. The predicted molar refractivity (Wildman–Crippen MR) is 70.5 cm³/mol. The molecule has 0 bridgehead atoms. The van der Waals surface area contributed by atoms with E-state index in [2.05, 4.69) is 11.8 Å². The van der Waals surface area contributed by atoms with Crippen molar-refractivity contribution in [2.75, 3.05) is 0 Å². The molecule has 1 aliphatic carbocycles. The van der Waals surface area contributed by atoms with Gasteiger partial charge in [-0.2, -0.15) is 0 Å². The third-order valence-electron chi connectivity index (χ3n) is 3.73. The molecule has 1 saturated carbocycles. The minimum absolute atomic E-state index is 0.210. The fraction of sp³-hybridized carbons (Fsp3) is 0.438. The summed E-state index contributed by atoms with van der Waals surface area (Å²) in [5.74, 6) is 6.28. The summed E-state index contributed by atoms with van der Waals surface area (Å²) in [7, 11) is 0. The average Bonchev–Trinajstić information content (AvgIpc) is 2.61. The number of hydrogen-bond acceptors (Lipinski definition) is 3. The summed E-state index contributed by atoms with van der Waals surface area (Å²) < 4.78 is 10.7. The second kappa shape index (κ2) is 4.97. The molecular weight excluding hydrogens is 240 g/mol. The molecule has 1 aromatic rings. The first kappa shape index (κ1) is 12.1. The number of fused-ring (bicyclic) bond motifs is 1. The van der Waals surface area contributed by atoms with Gasteiger partial charge >= 0.3 is 6.16 Å². The van der Waals surface area contributed by atoms with Crippen LogP contribution in [0.2, 0.25) is 0 Å². The van der Waals surface area contributed by atoms with Gasteiger partial charge in [0.05, 0.1) is 0 Å². The maximum absolute atomic E-state index is 11.4. The van der Waals surface area contributed by atoms with Crippen LogP contribution in [0, 0.1) is 11.8 Å². The lowest BCUT2D eigenvalue weighted by Crippen LogP contribution is -2.37. The summed E-state index contributed by atoms with van der Waals surface area (Å²) in [6.45, 7) is 0. The molecule has 2 atom stereocenters. The van der Waals surface area contributed by atoms with Crippen molar-refractivity contribution < 1.29 is 14.3 Å². The lowest BCUT2D eigenvalue weighted by Gasteiger charge is -2.22. The molecule has 3 heteroatoms. The van der Waals surface area contributed by atoms with Crippen LogP contribution in [0.5, 0.6) is 0 Å². The summed E-state index contributed by atoms with van der Waals surface area (Å²) in [6.07, 6.45) is 4.06. The van der Waals surface area contributed by atoms with E-state index in [1.807, 2.05) is 30.3 Å². The van der Waals surface area contributed by atoms with Gasteiger partial charge in [0.15, 0.2) is 6.10 Å². The molecule has 0 spiro atoms. The fourth-order valence-electron chi connectivity index (χ4n) is 2.72. The van der Waals surface area contributed by atoms with Crippen LogP contribution in [-0.4, -0.2) is 17.9 Å². The Hall–Kier alpha value is -1.95.